The van der Waals surface area contributed by atoms with Gasteiger partial charge in [-0.3, -0.25) is 0 Å². The molecule has 4 aromatic carbocycles. The maximum Gasteiger partial charge on any atom is 0.210 e. The smallest absolute Gasteiger partial charge is 0.210 e. The molecule has 0 N–H and O–H groups in total. The summed E-state index contributed by atoms with van der Waals surface area (Å²) in [5.74, 6) is 0. The van der Waals surface area contributed by atoms with Crippen LogP contribution in [0, 0.1) is 0 Å². The molecule has 0 saturated carbocycles. The molecule has 6 rings (SSSR count). The number of fused-ring (bicyclic) bond motifs is 6. The molecule has 2 nitrogen and oxygen atoms in total. The van der Waals surface area contributed by atoms with Crippen LogP contribution in [0.3, 0.4) is 0 Å². The molecular weight excluding hydrogens is 508 g/mol. The van der Waals surface area contributed by atoms with E-state index in [1.807, 2.05) is 0 Å². The maximum absolute atomic E-state index is 2.59. The van der Waals surface area contributed by atoms with Gasteiger partial charge < -0.3 is 4.90 Å². The van der Waals surface area contributed by atoms with Gasteiger partial charge in [-0.2, -0.15) is 4.58 Å². The lowest BCUT2D eigenvalue weighted by Crippen LogP contribution is -2.28. The van der Waals surface area contributed by atoms with Crippen LogP contribution < -0.4 is 4.90 Å². The lowest BCUT2D eigenvalue weighted by Gasteiger charge is -2.24. The van der Waals surface area contributed by atoms with Crippen LogP contribution in [0.2, 0.25) is 0 Å². The number of anilines is 1. The number of hydrogen-bond acceptors (Lipinski definition) is 1. The standard InChI is InChI=1S/C40H45N2/c1-7-8-9-17-28-42-34-27-25-30-19-14-16-21-32(30)38(34)40(4,5)36(42)23-12-10-11-22-35-39(2,3)37-31-20-15-13-18-29(31)24-26-33(37)41(35)6/h10-16,18-27H,7-9,17,28H2,1-6H3/q+1. The summed E-state index contributed by atoms with van der Waals surface area (Å²) >= 11 is 0. The minimum atomic E-state index is -0.0703. The number of nitrogens with zero attached hydrogens (tertiary/aromatic N) is 2. The van der Waals surface area contributed by atoms with Gasteiger partial charge in [0.2, 0.25) is 5.69 Å². The fourth-order valence-electron chi connectivity index (χ4n) is 7.52. The third-order valence-electron chi connectivity index (χ3n) is 9.61. The van der Waals surface area contributed by atoms with E-state index in [1.54, 1.807) is 0 Å². The molecular formula is C40H45N2+. The molecule has 0 atom stereocenters. The number of benzene rings is 4. The van der Waals surface area contributed by atoms with Crippen LogP contribution in [0.1, 0.15) is 71.4 Å². The van der Waals surface area contributed by atoms with E-state index in [-0.39, 0.29) is 10.8 Å². The predicted octanol–water partition coefficient (Wildman–Crippen LogP) is 10.4. The van der Waals surface area contributed by atoms with Crippen molar-refractivity contribution >= 4 is 38.6 Å². The first-order valence-electron chi connectivity index (χ1n) is 15.8. The van der Waals surface area contributed by atoms with E-state index in [1.165, 1.54) is 81.1 Å². The minimum absolute atomic E-state index is 0.0693. The Morgan fingerprint density at radius 3 is 2.07 bits per heavy atom. The summed E-state index contributed by atoms with van der Waals surface area (Å²) in [4.78, 5) is 2.37. The summed E-state index contributed by atoms with van der Waals surface area (Å²) < 4.78 is 2.59. The van der Waals surface area contributed by atoms with Crippen molar-refractivity contribution in [1.29, 1.82) is 0 Å². The fraction of sp³-hybridized carbons (Fsp3) is 0.325. The number of allylic oxidation sites excluding steroid dienone is 6. The second kappa shape index (κ2) is 11.1. The van der Waals surface area contributed by atoms with Crippen LogP contribution >= 0.6 is 0 Å². The number of hydrogen-bond donors (Lipinski definition) is 0. The van der Waals surface area contributed by atoms with Gasteiger partial charge in [0.05, 0.1) is 5.41 Å². The predicted molar refractivity (Wildman–Crippen MR) is 183 cm³/mol. The van der Waals surface area contributed by atoms with E-state index in [0.717, 1.165) is 6.54 Å². The van der Waals surface area contributed by atoms with Crippen molar-refractivity contribution in [2.24, 2.45) is 0 Å². The van der Waals surface area contributed by atoms with Crippen LogP contribution in [0.5, 0.6) is 0 Å². The lowest BCUT2D eigenvalue weighted by molar-refractivity contribution is -0.438. The van der Waals surface area contributed by atoms with Crippen molar-refractivity contribution in [1.82, 2.24) is 0 Å². The highest BCUT2D eigenvalue weighted by Crippen LogP contribution is 2.50. The van der Waals surface area contributed by atoms with Gasteiger partial charge in [0.15, 0.2) is 5.71 Å². The third kappa shape index (κ3) is 4.62. The van der Waals surface area contributed by atoms with Crippen LogP contribution in [0.25, 0.3) is 21.5 Å². The molecule has 2 aliphatic heterocycles. The fourth-order valence-corrected chi connectivity index (χ4v) is 7.52. The Morgan fingerprint density at radius 2 is 1.36 bits per heavy atom. The summed E-state index contributed by atoms with van der Waals surface area (Å²) in [5, 5.41) is 5.36. The Morgan fingerprint density at radius 1 is 0.690 bits per heavy atom. The molecule has 0 fully saturated rings. The monoisotopic (exact) mass is 553 g/mol. The molecule has 0 aliphatic carbocycles. The molecule has 0 aromatic heterocycles. The molecule has 2 heteroatoms. The van der Waals surface area contributed by atoms with Gasteiger partial charge in [-0.15, -0.1) is 0 Å². The highest BCUT2D eigenvalue weighted by Gasteiger charge is 2.45. The molecule has 0 spiro atoms. The molecule has 0 radical (unpaired) electrons. The number of rotatable bonds is 8. The van der Waals surface area contributed by atoms with Gasteiger partial charge in [0, 0.05) is 48.0 Å². The van der Waals surface area contributed by atoms with Gasteiger partial charge in [-0.25, -0.2) is 0 Å². The highest BCUT2D eigenvalue weighted by molar-refractivity contribution is 6.07. The van der Waals surface area contributed by atoms with Gasteiger partial charge in [-0.05, 0) is 65.6 Å². The molecule has 4 aromatic rings. The van der Waals surface area contributed by atoms with Crippen molar-refractivity contribution in [3.8, 4) is 0 Å². The van der Waals surface area contributed by atoms with Crippen molar-refractivity contribution in [2.45, 2.75) is 71.1 Å². The van der Waals surface area contributed by atoms with Crippen molar-refractivity contribution in [3.05, 3.63) is 120 Å². The summed E-state index contributed by atoms with van der Waals surface area (Å²) in [6, 6.07) is 26.8. The number of unbranched alkanes of at least 4 members (excludes halogenated alkanes) is 3. The number of likely N-dealkylation sites (N-methyl/N-ethyl adjacent to an activating group) is 1. The van der Waals surface area contributed by atoms with E-state index in [9.17, 15) is 0 Å². The van der Waals surface area contributed by atoms with E-state index < -0.39 is 0 Å². The van der Waals surface area contributed by atoms with Crippen molar-refractivity contribution in [2.75, 3.05) is 18.5 Å². The molecule has 0 bridgehead atoms. The average Bonchev–Trinajstić information content (AvgIpc) is 3.33. The Hall–Kier alpha value is -3.91. The SMILES string of the molecule is CCCCCC[N+]1=C(/C=C/C=C/C=C2/N(C)c3ccc4ccccc4c3C2(C)C)C(C)(C)c2c1ccc1ccccc21. The zero-order valence-electron chi connectivity index (χ0n) is 26.2. The first kappa shape index (κ1) is 28.2. The van der Waals surface area contributed by atoms with Crippen LogP contribution in [0.4, 0.5) is 11.4 Å². The summed E-state index contributed by atoms with van der Waals surface area (Å²) in [6.07, 6.45) is 16.4. The quantitative estimate of drug-likeness (QED) is 0.119. The molecule has 0 saturated heterocycles. The molecule has 2 heterocycles. The van der Waals surface area contributed by atoms with Crippen molar-refractivity contribution in [3.63, 3.8) is 0 Å². The second-order valence-electron chi connectivity index (χ2n) is 13.1. The van der Waals surface area contributed by atoms with E-state index in [4.69, 9.17) is 0 Å². The van der Waals surface area contributed by atoms with Gasteiger partial charge in [0.25, 0.3) is 0 Å². The Balaban J connectivity index is 1.32. The van der Waals surface area contributed by atoms with Gasteiger partial charge >= 0.3 is 0 Å². The van der Waals surface area contributed by atoms with Crippen LogP contribution in [-0.4, -0.2) is 23.9 Å². The molecule has 0 unspecified atom stereocenters. The van der Waals surface area contributed by atoms with Crippen LogP contribution in [-0.2, 0) is 10.8 Å². The van der Waals surface area contributed by atoms with E-state index in [0.29, 0.717) is 0 Å². The Labute approximate surface area is 252 Å². The zero-order chi connectivity index (χ0) is 29.5. The summed E-state index contributed by atoms with van der Waals surface area (Å²) in [5.41, 5.74) is 8.13. The first-order chi connectivity index (χ1) is 20.3. The molecule has 2 aliphatic rings. The molecule has 214 valence electrons. The average molecular weight is 554 g/mol. The first-order valence-corrected chi connectivity index (χ1v) is 15.8. The Kier molecular flexibility index (Phi) is 7.43. The molecule has 0 amide bonds. The zero-order valence-corrected chi connectivity index (χ0v) is 26.2. The van der Waals surface area contributed by atoms with Crippen molar-refractivity contribution < 1.29 is 4.58 Å². The van der Waals surface area contributed by atoms with E-state index >= 15 is 0 Å². The van der Waals surface area contributed by atoms with Gasteiger partial charge in [-0.1, -0.05) is 106 Å². The highest BCUT2D eigenvalue weighted by atomic mass is 15.2. The summed E-state index contributed by atoms with van der Waals surface area (Å²) in [6.45, 7) is 12.8. The van der Waals surface area contributed by atoms with E-state index in [2.05, 4.69) is 154 Å². The largest absolute Gasteiger partial charge is 0.347 e. The summed E-state index contributed by atoms with van der Waals surface area (Å²) in [7, 11) is 2.20. The third-order valence-corrected chi connectivity index (χ3v) is 9.61. The Bertz CT molecular complexity index is 1780. The maximum atomic E-state index is 2.59. The van der Waals surface area contributed by atoms with Crippen LogP contribution in [0.15, 0.2) is 109 Å². The normalized spacial score (nSPS) is 18.3. The second-order valence-corrected chi connectivity index (χ2v) is 13.1. The molecule has 42 heavy (non-hydrogen) atoms. The minimum Gasteiger partial charge on any atom is -0.347 e. The van der Waals surface area contributed by atoms with Gasteiger partial charge in [0.1, 0.15) is 6.54 Å². The topological polar surface area (TPSA) is 6.25 Å². The lowest BCUT2D eigenvalue weighted by atomic mass is 9.79.